The zero-order valence-corrected chi connectivity index (χ0v) is 16.7. The van der Waals surface area contributed by atoms with E-state index >= 15 is 0 Å². The summed E-state index contributed by atoms with van der Waals surface area (Å²) in [5.74, 6) is 1.53. The third kappa shape index (κ3) is 4.84. The number of aliphatic hydroxyl groups is 1. The summed E-state index contributed by atoms with van der Waals surface area (Å²) < 4.78 is 13.5. The van der Waals surface area contributed by atoms with Crippen molar-refractivity contribution in [3.8, 4) is 17.3 Å². The number of aliphatic hydroxyl groups excluding tert-OH is 1. The van der Waals surface area contributed by atoms with Crippen molar-refractivity contribution in [3.05, 3.63) is 48.4 Å². The van der Waals surface area contributed by atoms with Crippen LogP contribution in [0.25, 0.3) is 11.3 Å². The molecular weight excluding hydrogens is 399 g/mol. The standard InChI is InChI=1S/C21H21FN8O/c22-16-4-7-30(13-16)20-14(10-23)9-15(11-27-20)18-3-5-25-21(29-18)28-17-1-2-19(26-12-17)24-6-8-31/h1-3,5,9,11-12,16,31H,4,6-8,13H2,(H,24,26)(H,25,28,29)/t16-/m0/s1. The summed E-state index contributed by atoms with van der Waals surface area (Å²) in [6.45, 7) is 1.26. The summed E-state index contributed by atoms with van der Waals surface area (Å²) in [6.07, 6.45) is 4.44. The van der Waals surface area contributed by atoms with Crippen molar-refractivity contribution >= 4 is 23.3 Å². The molecule has 0 spiro atoms. The quantitative estimate of drug-likeness (QED) is 0.529. The smallest absolute Gasteiger partial charge is 0.227 e. The normalized spacial score (nSPS) is 15.5. The number of anilines is 4. The number of hydrogen-bond donors (Lipinski definition) is 3. The molecule has 0 radical (unpaired) electrons. The molecule has 0 aromatic carbocycles. The van der Waals surface area contributed by atoms with Crippen LogP contribution in [0, 0.1) is 11.3 Å². The van der Waals surface area contributed by atoms with E-state index in [0.29, 0.717) is 59.6 Å². The van der Waals surface area contributed by atoms with Gasteiger partial charge in [-0.2, -0.15) is 5.26 Å². The third-order valence-electron chi connectivity index (χ3n) is 4.81. The molecule has 0 unspecified atom stereocenters. The molecule has 4 heterocycles. The second kappa shape index (κ2) is 9.32. The number of halogens is 1. The highest BCUT2D eigenvalue weighted by molar-refractivity contribution is 5.67. The molecule has 3 aromatic rings. The van der Waals surface area contributed by atoms with Gasteiger partial charge in [0.05, 0.1) is 36.3 Å². The van der Waals surface area contributed by atoms with Crippen molar-refractivity contribution in [2.24, 2.45) is 0 Å². The summed E-state index contributed by atoms with van der Waals surface area (Å²) in [4.78, 5) is 19.2. The Labute approximate surface area is 178 Å². The highest BCUT2D eigenvalue weighted by Crippen LogP contribution is 2.27. The molecule has 0 amide bonds. The molecule has 9 nitrogen and oxygen atoms in total. The van der Waals surface area contributed by atoms with E-state index in [2.05, 4.69) is 36.6 Å². The first-order valence-electron chi connectivity index (χ1n) is 9.86. The number of alkyl halides is 1. The summed E-state index contributed by atoms with van der Waals surface area (Å²) >= 11 is 0. The van der Waals surface area contributed by atoms with Crippen molar-refractivity contribution in [1.82, 2.24) is 19.9 Å². The predicted molar refractivity (Wildman–Crippen MR) is 115 cm³/mol. The Morgan fingerprint density at radius 1 is 1.23 bits per heavy atom. The SMILES string of the molecule is N#Cc1cc(-c2ccnc(Nc3ccc(NCCO)nc3)n2)cnc1N1CC[C@H](F)C1. The second-order valence-corrected chi connectivity index (χ2v) is 7.01. The highest BCUT2D eigenvalue weighted by atomic mass is 19.1. The number of hydrogen-bond acceptors (Lipinski definition) is 9. The molecule has 158 valence electrons. The maximum atomic E-state index is 13.5. The highest BCUT2D eigenvalue weighted by Gasteiger charge is 2.25. The van der Waals surface area contributed by atoms with Crippen LogP contribution >= 0.6 is 0 Å². The maximum absolute atomic E-state index is 13.5. The monoisotopic (exact) mass is 420 g/mol. The average molecular weight is 420 g/mol. The van der Waals surface area contributed by atoms with Crippen LogP contribution in [0.5, 0.6) is 0 Å². The summed E-state index contributed by atoms with van der Waals surface area (Å²) in [5.41, 5.74) is 2.36. The first kappa shape index (κ1) is 20.4. The topological polar surface area (TPSA) is 123 Å². The minimum absolute atomic E-state index is 0.0278. The molecule has 1 aliphatic rings. The Morgan fingerprint density at radius 3 is 2.84 bits per heavy atom. The Hall–Kier alpha value is -3.84. The molecule has 1 atom stereocenters. The molecule has 0 bridgehead atoms. The summed E-state index contributed by atoms with van der Waals surface area (Å²) in [6, 6.07) is 9.20. The Morgan fingerprint density at radius 2 is 2.13 bits per heavy atom. The number of nitrogens with zero attached hydrogens (tertiary/aromatic N) is 6. The lowest BCUT2D eigenvalue weighted by Gasteiger charge is -2.18. The summed E-state index contributed by atoms with van der Waals surface area (Å²) in [7, 11) is 0. The van der Waals surface area contributed by atoms with Gasteiger partial charge in [-0.1, -0.05) is 0 Å². The molecule has 4 rings (SSSR count). The van der Waals surface area contributed by atoms with Gasteiger partial charge in [-0.15, -0.1) is 0 Å². The van der Waals surface area contributed by atoms with Crippen molar-refractivity contribution in [2.75, 3.05) is 41.8 Å². The molecule has 1 fully saturated rings. The van der Waals surface area contributed by atoms with Crippen LogP contribution in [0.15, 0.2) is 42.9 Å². The van der Waals surface area contributed by atoms with Crippen molar-refractivity contribution in [3.63, 3.8) is 0 Å². The molecule has 0 aliphatic carbocycles. The van der Waals surface area contributed by atoms with Gasteiger partial charge >= 0.3 is 0 Å². The van der Waals surface area contributed by atoms with Gasteiger partial charge in [0.25, 0.3) is 0 Å². The van der Waals surface area contributed by atoms with Gasteiger partial charge in [-0.3, -0.25) is 0 Å². The van der Waals surface area contributed by atoms with E-state index in [4.69, 9.17) is 5.11 Å². The fraction of sp³-hybridized carbons (Fsp3) is 0.286. The van der Waals surface area contributed by atoms with Crippen LogP contribution in [-0.2, 0) is 0 Å². The van der Waals surface area contributed by atoms with Gasteiger partial charge in [0.1, 0.15) is 23.9 Å². The van der Waals surface area contributed by atoms with Crippen LogP contribution < -0.4 is 15.5 Å². The van der Waals surface area contributed by atoms with E-state index in [1.54, 1.807) is 41.7 Å². The third-order valence-corrected chi connectivity index (χ3v) is 4.81. The lowest BCUT2D eigenvalue weighted by Crippen LogP contribution is -2.22. The van der Waals surface area contributed by atoms with Crippen LogP contribution in [-0.4, -0.2) is 57.5 Å². The fourth-order valence-corrected chi connectivity index (χ4v) is 3.31. The predicted octanol–water partition coefficient (Wildman–Crippen LogP) is 2.50. The van der Waals surface area contributed by atoms with E-state index in [9.17, 15) is 9.65 Å². The first-order chi connectivity index (χ1) is 15.2. The molecule has 10 heteroatoms. The van der Waals surface area contributed by atoms with Crippen LogP contribution in [0.4, 0.5) is 27.7 Å². The van der Waals surface area contributed by atoms with Gasteiger partial charge in [0.2, 0.25) is 5.95 Å². The van der Waals surface area contributed by atoms with E-state index in [1.807, 2.05) is 6.07 Å². The molecule has 31 heavy (non-hydrogen) atoms. The van der Waals surface area contributed by atoms with Crippen LogP contribution in [0.2, 0.25) is 0 Å². The van der Waals surface area contributed by atoms with Crippen LogP contribution in [0.1, 0.15) is 12.0 Å². The van der Waals surface area contributed by atoms with E-state index in [0.717, 1.165) is 0 Å². The lowest BCUT2D eigenvalue weighted by molar-refractivity contribution is 0.311. The van der Waals surface area contributed by atoms with Crippen molar-refractivity contribution in [2.45, 2.75) is 12.6 Å². The zero-order chi connectivity index (χ0) is 21.6. The summed E-state index contributed by atoms with van der Waals surface area (Å²) in [5, 5.41) is 24.5. The molecular formula is C21H21FN8O. The minimum Gasteiger partial charge on any atom is -0.395 e. The molecule has 1 aliphatic heterocycles. The number of aromatic nitrogens is 4. The first-order valence-corrected chi connectivity index (χ1v) is 9.86. The van der Waals surface area contributed by atoms with Gasteiger partial charge in [-0.05, 0) is 30.7 Å². The van der Waals surface area contributed by atoms with Gasteiger partial charge < -0.3 is 20.6 Å². The lowest BCUT2D eigenvalue weighted by atomic mass is 10.1. The number of nitriles is 1. The average Bonchev–Trinajstić information content (AvgIpc) is 3.24. The molecule has 3 aromatic heterocycles. The van der Waals surface area contributed by atoms with Gasteiger partial charge in [-0.25, -0.2) is 24.3 Å². The largest absolute Gasteiger partial charge is 0.395 e. The van der Waals surface area contributed by atoms with Crippen LogP contribution in [0.3, 0.4) is 0 Å². The fourth-order valence-electron chi connectivity index (χ4n) is 3.31. The number of rotatable bonds is 7. The minimum atomic E-state index is -0.891. The van der Waals surface area contributed by atoms with Crippen molar-refractivity contribution < 1.29 is 9.50 Å². The Balaban J connectivity index is 1.52. The van der Waals surface area contributed by atoms with Gasteiger partial charge in [0, 0.05) is 31.0 Å². The Bertz CT molecular complexity index is 1090. The second-order valence-electron chi connectivity index (χ2n) is 7.01. The molecule has 3 N–H and O–H groups in total. The molecule has 1 saturated heterocycles. The number of pyridine rings is 2. The Kier molecular flexibility index (Phi) is 6.14. The maximum Gasteiger partial charge on any atom is 0.227 e. The molecule has 0 saturated carbocycles. The van der Waals surface area contributed by atoms with E-state index < -0.39 is 6.17 Å². The van der Waals surface area contributed by atoms with Gasteiger partial charge in [0.15, 0.2) is 0 Å². The zero-order valence-electron chi connectivity index (χ0n) is 16.7. The number of nitrogens with one attached hydrogen (secondary N) is 2. The van der Waals surface area contributed by atoms with Crippen molar-refractivity contribution in [1.29, 1.82) is 5.26 Å². The van der Waals surface area contributed by atoms with E-state index in [1.165, 1.54) is 0 Å². The van der Waals surface area contributed by atoms with E-state index in [-0.39, 0.29) is 13.2 Å².